The fourth-order valence-corrected chi connectivity index (χ4v) is 3.14. The van der Waals surface area contributed by atoms with E-state index in [2.05, 4.69) is 14.8 Å². The quantitative estimate of drug-likeness (QED) is 0.587. The second kappa shape index (κ2) is 4.14. The van der Waals surface area contributed by atoms with Gasteiger partial charge in [-0.1, -0.05) is 6.42 Å². The third-order valence-electron chi connectivity index (χ3n) is 2.81. The fraction of sp³-hybridized carbons (Fsp3) is 1.00. The summed E-state index contributed by atoms with van der Waals surface area (Å²) in [6, 6.07) is 0.231. The maximum absolute atomic E-state index is 11.5. The normalized spacial score (nSPS) is 29.0. The third kappa shape index (κ3) is 2.66. The highest BCUT2D eigenvalue weighted by atomic mass is 32.2. The smallest absolute Gasteiger partial charge is 0.277 e. The molecule has 0 aromatic carbocycles. The molecule has 6 heteroatoms. The molecule has 2 fully saturated rings. The number of rotatable bonds is 4. The van der Waals surface area contributed by atoms with Crippen molar-refractivity contribution in [3.8, 4) is 0 Å². The lowest BCUT2D eigenvalue weighted by Gasteiger charge is -2.26. The summed E-state index contributed by atoms with van der Waals surface area (Å²) in [7, 11) is -3.27. The molecule has 2 rings (SSSR count). The van der Waals surface area contributed by atoms with Crippen molar-refractivity contribution in [2.75, 3.05) is 13.1 Å². The van der Waals surface area contributed by atoms with Crippen molar-refractivity contribution < 1.29 is 8.42 Å². The minimum Gasteiger partial charge on any atom is -0.315 e. The van der Waals surface area contributed by atoms with Crippen LogP contribution in [0.1, 0.15) is 25.7 Å². The first-order valence-electron chi connectivity index (χ1n) is 5.16. The SMILES string of the molecule is O=S(=O)(NC1CCC1)NC1CCNC1. The first-order chi connectivity index (χ1) is 6.66. The summed E-state index contributed by atoms with van der Waals surface area (Å²) >= 11 is 0. The largest absolute Gasteiger partial charge is 0.315 e. The maximum Gasteiger partial charge on any atom is 0.277 e. The second-order valence-corrected chi connectivity index (χ2v) is 5.53. The Balaban J connectivity index is 1.81. The van der Waals surface area contributed by atoms with E-state index in [4.69, 9.17) is 0 Å². The van der Waals surface area contributed by atoms with Crippen molar-refractivity contribution in [2.24, 2.45) is 0 Å². The highest BCUT2D eigenvalue weighted by molar-refractivity contribution is 7.87. The molecule has 1 atom stereocenters. The molecule has 0 aromatic rings. The van der Waals surface area contributed by atoms with Crippen LogP contribution in [0.15, 0.2) is 0 Å². The van der Waals surface area contributed by atoms with Crippen LogP contribution in [0.2, 0.25) is 0 Å². The van der Waals surface area contributed by atoms with Crippen LogP contribution < -0.4 is 14.8 Å². The molecular weight excluding hydrogens is 202 g/mol. The number of hydrogen-bond donors (Lipinski definition) is 3. The van der Waals surface area contributed by atoms with Crippen LogP contribution in [0.25, 0.3) is 0 Å². The molecule has 1 heterocycles. The maximum atomic E-state index is 11.5. The van der Waals surface area contributed by atoms with E-state index < -0.39 is 10.2 Å². The lowest BCUT2D eigenvalue weighted by Crippen LogP contribution is -2.49. The van der Waals surface area contributed by atoms with E-state index >= 15 is 0 Å². The summed E-state index contributed by atoms with van der Waals surface area (Å²) < 4.78 is 28.4. The molecular formula is C8H17N3O2S. The van der Waals surface area contributed by atoms with E-state index in [9.17, 15) is 8.42 Å². The standard InChI is InChI=1S/C8H17N3O2S/c12-14(13,10-7-2-1-3-7)11-8-4-5-9-6-8/h7-11H,1-6H2. The van der Waals surface area contributed by atoms with E-state index in [-0.39, 0.29) is 12.1 Å². The van der Waals surface area contributed by atoms with Crippen LogP contribution >= 0.6 is 0 Å². The van der Waals surface area contributed by atoms with E-state index in [1.165, 1.54) is 0 Å². The van der Waals surface area contributed by atoms with E-state index in [0.717, 1.165) is 38.8 Å². The molecule has 1 unspecified atom stereocenters. The van der Waals surface area contributed by atoms with Gasteiger partial charge in [0.05, 0.1) is 0 Å². The van der Waals surface area contributed by atoms with Gasteiger partial charge in [0.2, 0.25) is 0 Å². The molecule has 3 N–H and O–H groups in total. The molecule has 1 saturated heterocycles. The van der Waals surface area contributed by atoms with Gasteiger partial charge in [-0.2, -0.15) is 17.9 Å². The molecule has 0 bridgehead atoms. The van der Waals surface area contributed by atoms with Crippen LogP contribution in [0.4, 0.5) is 0 Å². The Morgan fingerprint density at radius 1 is 1.07 bits per heavy atom. The average Bonchev–Trinajstić information content (AvgIpc) is 2.49. The van der Waals surface area contributed by atoms with Crippen LogP contribution in [-0.4, -0.2) is 33.6 Å². The van der Waals surface area contributed by atoms with Gasteiger partial charge in [-0.15, -0.1) is 0 Å². The Hall–Kier alpha value is -0.170. The molecule has 0 spiro atoms. The number of nitrogens with one attached hydrogen (secondary N) is 3. The zero-order chi connectivity index (χ0) is 10.0. The van der Waals surface area contributed by atoms with Gasteiger partial charge in [-0.3, -0.25) is 0 Å². The van der Waals surface area contributed by atoms with Gasteiger partial charge >= 0.3 is 0 Å². The monoisotopic (exact) mass is 219 g/mol. The summed E-state index contributed by atoms with van der Waals surface area (Å²) in [6.07, 6.45) is 3.97. The Labute approximate surface area is 84.8 Å². The zero-order valence-corrected chi connectivity index (χ0v) is 8.94. The van der Waals surface area contributed by atoms with Gasteiger partial charge in [-0.25, -0.2) is 0 Å². The molecule has 14 heavy (non-hydrogen) atoms. The van der Waals surface area contributed by atoms with Gasteiger partial charge in [0.1, 0.15) is 0 Å². The summed E-state index contributed by atoms with van der Waals surface area (Å²) in [5, 5.41) is 3.12. The molecule has 0 radical (unpaired) electrons. The molecule has 1 saturated carbocycles. The Morgan fingerprint density at radius 2 is 1.79 bits per heavy atom. The fourth-order valence-electron chi connectivity index (χ4n) is 1.75. The van der Waals surface area contributed by atoms with Crippen molar-refractivity contribution in [2.45, 2.75) is 37.8 Å². The molecule has 1 aliphatic heterocycles. The van der Waals surface area contributed by atoms with Crippen LogP contribution in [0.3, 0.4) is 0 Å². The molecule has 0 amide bonds. The summed E-state index contributed by atoms with van der Waals surface area (Å²) in [4.78, 5) is 0. The summed E-state index contributed by atoms with van der Waals surface area (Å²) in [5.74, 6) is 0. The zero-order valence-electron chi connectivity index (χ0n) is 8.12. The highest BCUT2D eigenvalue weighted by Crippen LogP contribution is 2.18. The van der Waals surface area contributed by atoms with Gasteiger partial charge in [0, 0.05) is 18.6 Å². The van der Waals surface area contributed by atoms with Crippen LogP contribution in [-0.2, 0) is 10.2 Å². The first-order valence-corrected chi connectivity index (χ1v) is 6.64. The second-order valence-electron chi connectivity index (χ2n) is 4.06. The summed E-state index contributed by atoms with van der Waals surface area (Å²) in [5.41, 5.74) is 0. The Bertz CT molecular complexity index is 281. The van der Waals surface area contributed by atoms with Crippen LogP contribution in [0, 0.1) is 0 Å². The lowest BCUT2D eigenvalue weighted by molar-refractivity contribution is 0.380. The average molecular weight is 219 g/mol. The Kier molecular flexibility index (Phi) is 3.06. The highest BCUT2D eigenvalue weighted by Gasteiger charge is 2.26. The van der Waals surface area contributed by atoms with E-state index in [1.54, 1.807) is 0 Å². The predicted octanol–water partition coefficient (Wildman–Crippen LogP) is -0.675. The third-order valence-corrected chi connectivity index (χ3v) is 4.10. The number of hydrogen-bond acceptors (Lipinski definition) is 3. The summed E-state index contributed by atoms with van der Waals surface area (Å²) in [6.45, 7) is 1.64. The van der Waals surface area contributed by atoms with Gasteiger partial charge in [0.15, 0.2) is 0 Å². The topological polar surface area (TPSA) is 70.2 Å². The van der Waals surface area contributed by atoms with Gasteiger partial charge in [0.25, 0.3) is 10.2 Å². The van der Waals surface area contributed by atoms with Crippen molar-refractivity contribution in [1.82, 2.24) is 14.8 Å². The minimum atomic E-state index is -3.27. The molecule has 2 aliphatic rings. The van der Waals surface area contributed by atoms with E-state index in [0.29, 0.717) is 0 Å². The lowest BCUT2D eigenvalue weighted by atomic mass is 9.94. The van der Waals surface area contributed by atoms with Gasteiger partial charge in [-0.05, 0) is 25.8 Å². The van der Waals surface area contributed by atoms with Crippen molar-refractivity contribution in [1.29, 1.82) is 0 Å². The molecule has 82 valence electrons. The predicted molar refractivity (Wildman–Crippen MR) is 54.1 cm³/mol. The first kappa shape index (κ1) is 10.4. The minimum absolute atomic E-state index is 0.0626. The molecule has 0 aromatic heterocycles. The molecule has 5 nitrogen and oxygen atoms in total. The molecule has 1 aliphatic carbocycles. The van der Waals surface area contributed by atoms with E-state index in [1.807, 2.05) is 0 Å². The van der Waals surface area contributed by atoms with Crippen molar-refractivity contribution in [3.05, 3.63) is 0 Å². The Morgan fingerprint density at radius 3 is 2.29 bits per heavy atom. The van der Waals surface area contributed by atoms with Crippen LogP contribution in [0.5, 0.6) is 0 Å². The van der Waals surface area contributed by atoms with Gasteiger partial charge < -0.3 is 5.32 Å². The van der Waals surface area contributed by atoms with Crippen molar-refractivity contribution >= 4 is 10.2 Å². The van der Waals surface area contributed by atoms with Crippen molar-refractivity contribution in [3.63, 3.8) is 0 Å².